The number of benzene rings is 1. The standard InChI is InChI=1S/C15H20FN3O/c1-3-19(2)10-9-18-15(20)13-11-12(5-4-8-17)6-7-14(13)16/h6-7,11H,3,8-10,17H2,1-2H3,(H,18,20). The molecule has 0 spiro atoms. The maximum Gasteiger partial charge on any atom is 0.254 e. The maximum atomic E-state index is 13.7. The van der Waals surface area contributed by atoms with Gasteiger partial charge in [0.1, 0.15) is 5.82 Å². The lowest BCUT2D eigenvalue weighted by Crippen LogP contribution is -2.33. The van der Waals surface area contributed by atoms with Crippen molar-refractivity contribution in [1.82, 2.24) is 10.2 Å². The van der Waals surface area contributed by atoms with Gasteiger partial charge in [0.05, 0.1) is 12.1 Å². The number of hydrogen-bond acceptors (Lipinski definition) is 3. The topological polar surface area (TPSA) is 58.4 Å². The summed E-state index contributed by atoms with van der Waals surface area (Å²) in [6.45, 7) is 4.34. The van der Waals surface area contributed by atoms with Gasteiger partial charge in [0.2, 0.25) is 0 Å². The monoisotopic (exact) mass is 277 g/mol. The Bertz CT molecular complexity index is 520. The van der Waals surface area contributed by atoms with Crippen LogP contribution in [-0.4, -0.2) is 44.0 Å². The summed E-state index contributed by atoms with van der Waals surface area (Å²) in [5.74, 6) is 4.47. The average Bonchev–Trinajstić information content (AvgIpc) is 2.45. The van der Waals surface area contributed by atoms with Gasteiger partial charge in [0.15, 0.2) is 0 Å². The molecule has 1 amide bonds. The van der Waals surface area contributed by atoms with E-state index < -0.39 is 11.7 Å². The average molecular weight is 277 g/mol. The highest BCUT2D eigenvalue weighted by Crippen LogP contribution is 2.10. The summed E-state index contributed by atoms with van der Waals surface area (Å²) in [7, 11) is 1.95. The van der Waals surface area contributed by atoms with Crippen LogP contribution in [-0.2, 0) is 0 Å². The molecule has 0 atom stereocenters. The van der Waals surface area contributed by atoms with Crippen molar-refractivity contribution in [2.75, 3.05) is 33.2 Å². The van der Waals surface area contributed by atoms with Crippen molar-refractivity contribution in [3.63, 3.8) is 0 Å². The smallest absolute Gasteiger partial charge is 0.254 e. The van der Waals surface area contributed by atoms with Gasteiger partial charge < -0.3 is 16.0 Å². The third kappa shape index (κ3) is 5.00. The van der Waals surface area contributed by atoms with Gasteiger partial charge in [-0.2, -0.15) is 0 Å². The van der Waals surface area contributed by atoms with Crippen LogP contribution in [0.2, 0.25) is 0 Å². The number of carbonyl (C=O) groups excluding carboxylic acids is 1. The van der Waals surface area contributed by atoms with Crippen LogP contribution < -0.4 is 11.1 Å². The van der Waals surface area contributed by atoms with Crippen molar-refractivity contribution in [3.8, 4) is 11.8 Å². The second-order valence-corrected chi connectivity index (χ2v) is 4.35. The van der Waals surface area contributed by atoms with Crippen LogP contribution in [0.25, 0.3) is 0 Å². The quantitative estimate of drug-likeness (QED) is 0.783. The van der Waals surface area contributed by atoms with Gasteiger partial charge in [0.25, 0.3) is 5.91 Å². The van der Waals surface area contributed by atoms with Gasteiger partial charge in [-0.15, -0.1) is 0 Å². The van der Waals surface area contributed by atoms with Crippen molar-refractivity contribution >= 4 is 5.91 Å². The van der Waals surface area contributed by atoms with E-state index in [0.29, 0.717) is 12.1 Å². The zero-order valence-electron chi connectivity index (χ0n) is 11.9. The Labute approximate surface area is 119 Å². The minimum atomic E-state index is -0.551. The van der Waals surface area contributed by atoms with Crippen molar-refractivity contribution in [1.29, 1.82) is 0 Å². The van der Waals surface area contributed by atoms with E-state index in [1.165, 1.54) is 18.2 Å². The van der Waals surface area contributed by atoms with Gasteiger partial charge >= 0.3 is 0 Å². The number of carbonyl (C=O) groups is 1. The number of likely N-dealkylation sites (N-methyl/N-ethyl adjacent to an activating group) is 1. The van der Waals surface area contributed by atoms with E-state index in [2.05, 4.69) is 22.1 Å². The molecule has 1 rings (SSSR count). The van der Waals surface area contributed by atoms with Gasteiger partial charge in [-0.25, -0.2) is 4.39 Å². The molecule has 4 nitrogen and oxygen atoms in total. The SMILES string of the molecule is CCN(C)CCNC(=O)c1cc(C#CCN)ccc1F. The van der Waals surface area contributed by atoms with Crippen LogP contribution in [0.3, 0.4) is 0 Å². The zero-order chi connectivity index (χ0) is 15.0. The summed E-state index contributed by atoms with van der Waals surface area (Å²) < 4.78 is 13.7. The zero-order valence-corrected chi connectivity index (χ0v) is 11.9. The number of amides is 1. The summed E-state index contributed by atoms with van der Waals surface area (Å²) in [5.41, 5.74) is 5.86. The van der Waals surface area contributed by atoms with Gasteiger partial charge in [0, 0.05) is 18.7 Å². The summed E-state index contributed by atoms with van der Waals surface area (Å²) in [6.07, 6.45) is 0. The molecule has 0 aromatic heterocycles. The van der Waals surface area contributed by atoms with E-state index in [4.69, 9.17) is 5.73 Å². The maximum absolute atomic E-state index is 13.7. The van der Waals surface area contributed by atoms with Crippen molar-refractivity contribution in [2.45, 2.75) is 6.92 Å². The molecule has 0 unspecified atom stereocenters. The number of nitrogens with two attached hydrogens (primary N) is 1. The fourth-order valence-electron chi connectivity index (χ4n) is 1.54. The molecular formula is C15H20FN3O. The summed E-state index contributed by atoms with van der Waals surface area (Å²) in [6, 6.07) is 4.21. The molecule has 5 heteroatoms. The van der Waals surface area contributed by atoms with E-state index in [-0.39, 0.29) is 12.1 Å². The predicted octanol–water partition coefficient (Wildman–Crippen LogP) is 0.817. The first-order chi connectivity index (χ1) is 9.58. The lowest BCUT2D eigenvalue weighted by molar-refractivity contribution is 0.0946. The fraction of sp³-hybridized carbons (Fsp3) is 0.400. The highest BCUT2D eigenvalue weighted by molar-refractivity contribution is 5.94. The molecular weight excluding hydrogens is 257 g/mol. The number of nitrogens with one attached hydrogen (secondary N) is 1. The first-order valence-electron chi connectivity index (χ1n) is 6.53. The van der Waals surface area contributed by atoms with Gasteiger partial charge in [-0.1, -0.05) is 18.8 Å². The third-order valence-electron chi connectivity index (χ3n) is 2.86. The van der Waals surface area contributed by atoms with Gasteiger partial charge in [-0.3, -0.25) is 4.79 Å². The Hall–Kier alpha value is -1.90. The molecule has 108 valence electrons. The Morgan fingerprint density at radius 1 is 1.50 bits per heavy atom. The molecule has 3 N–H and O–H groups in total. The first kappa shape index (κ1) is 16.2. The van der Waals surface area contributed by atoms with Crippen molar-refractivity contribution in [3.05, 3.63) is 35.1 Å². The molecule has 0 aliphatic heterocycles. The van der Waals surface area contributed by atoms with Crippen molar-refractivity contribution < 1.29 is 9.18 Å². The second-order valence-electron chi connectivity index (χ2n) is 4.35. The van der Waals surface area contributed by atoms with Crippen LogP contribution in [0.4, 0.5) is 4.39 Å². The molecule has 20 heavy (non-hydrogen) atoms. The largest absolute Gasteiger partial charge is 0.351 e. The molecule has 0 saturated heterocycles. The Morgan fingerprint density at radius 2 is 2.25 bits per heavy atom. The Balaban J connectivity index is 2.71. The number of rotatable bonds is 5. The molecule has 0 fully saturated rings. The minimum absolute atomic E-state index is 0.00738. The number of halogens is 1. The lowest BCUT2D eigenvalue weighted by Gasteiger charge is -2.14. The van der Waals surface area contributed by atoms with Crippen molar-refractivity contribution in [2.24, 2.45) is 5.73 Å². The van der Waals surface area contributed by atoms with Crippen LogP contribution in [0.1, 0.15) is 22.8 Å². The van der Waals surface area contributed by atoms with Crippen LogP contribution in [0, 0.1) is 17.7 Å². The molecule has 1 aromatic rings. The molecule has 0 bridgehead atoms. The summed E-state index contributed by atoms with van der Waals surface area (Å²) >= 11 is 0. The molecule has 0 radical (unpaired) electrons. The molecule has 0 heterocycles. The van der Waals surface area contributed by atoms with Gasteiger partial charge in [-0.05, 0) is 31.8 Å². The normalized spacial score (nSPS) is 10.1. The molecule has 1 aromatic carbocycles. The van der Waals surface area contributed by atoms with E-state index in [1.807, 2.05) is 14.0 Å². The Morgan fingerprint density at radius 3 is 2.90 bits per heavy atom. The summed E-state index contributed by atoms with van der Waals surface area (Å²) in [5, 5.41) is 2.69. The molecule has 0 aliphatic rings. The first-order valence-corrected chi connectivity index (χ1v) is 6.53. The second kappa shape index (κ2) is 8.31. The van der Waals surface area contributed by atoms with E-state index in [1.54, 1.807) is 0 Å². The van der Waals surface area contributed by atoms with E-state index in [9.17, 15) is 9.18 Å². The van der Waals surface area contributed by atoms with E-state index >= 15 is 0 Å². The third-order valence-corrected chi connectivity index (χ3v) is 2.86. The minimum Gasteiger partial charge on any atom is -0.351 e. The predicted molar refractivity (Wildman–Crippen MR) is 77.8 cm³/mol. The molecule has 0 aliphatic carbocycles. The van der Waals surface area contributed by atoms with Crippen LogP contribution >= 0.6 is 0 Å². The highest BCUT2D eigenvalue weighted by atomic mass is 19.1. The lowest BCUT2D eigenvalue weighted by atomic mass is 10.1. The fourth-order valence-corrected chi connectivity index (χ4v) is 1.54. The van der Waals surface area contributed by atoms with Crippen LogP contribution in [0.15, 0.2) is 18.2 Å². The number of hydrogen-bond donors (Lipinski definition) is 2. The molecule has 0 saturated carbocycles. The van der Waals surface area contributed by atoms with E-state index in [0.717, 1.165) is 13.1 Å². The Kier molecular flexibility index (Phi) is 6.71. The number of nitrogens with zero attached hydrogens (tertiary/aromatic N) is 1. The highest BCUT2D eigenvalue weighted by Gasteiger charge is 2.11. The van der Waals surface area contributed by atoms with Crippen LogP contribution in [0.5, 0.6) is 0 Å². The summed E-state index contributed by atoms with van der Waals surface area (Å²) in [4.78, 5) is 14.0.